The fourth-order valence-corrected chi connectivity index (χ4v) is 1.93. The molecule has 0 amide bonds. The monoisotopic (exact) mass is 298 g/mol. The Bertz CT molecular complexity index is 690. The van der Waals surface area contributed by atoms with Crippen molar-refractivity contribution in [1.82, 2.24) is 9.97 Å². The first-order valence-electron chi connectivity index (χ1n) is 6.40. The maximum Gasteiger partial charge on any atom is 0.357 e. The van der Waals surface area contributed by atoms with Crippen LogP contribution in [0.3, 0.4) is 0 Å². The second-order valence-electron chi connectivity index (χ2n) is 3.96. The van der Waals surface area contributed by atoms with Crippen molar-refractivity contribution in [3.8, 4) is 11.8 Å². The van der Waals surface area contributed by atoms with Crippen molar-refractivity contribution in [2.45, 2.75) is 12.1 Å². The van der Waals surface area contributed by atoms with Crippen molar-refractivity contribution < 1.29 is 9.53 Å². The summed E-state index contributed by atoms with van der Waals surface area (Å²) in [6.07, 6.45) is 1.85. The van der Waals surface area contributed by atoms with Crippen molar-refractivity contribution in [2.75, 3.05) is 12.9 Å². The van der Waals surface area contributed by atoms with E-state index in [1.165, 1.54) is 11.8 Å². The molecule has 4 nitrogen and oxygen atoms in total. The molecule has 0 unspecified atom stereocenters. The minimum absolute atomic E-state index is 0.230. The van der Waals surface area contributed by atoms with Gasteiger partial charge in [-0.05, 0) is 31.2 Å². The zero-order chi connectivity index (χ0) is 15.1. The lowest BCUT2D eigenvalue weighted by Crippen LogP contribution is -2.09. The van der Waals surface area contributed by atoms with Crippen LogP contribution in [0.1, 0.15) is 28.7 Å². The number of rotatable bonds is 3. The highest BCUT2D eigenvalue weighted by Crippen LogP contribution is 2.11. The lowest BCUT2D eigenvalue weighted by Gasteiger charge is -2.03. The number of thioether (sulfide) groups is 1. The number of aromatic nitrogens is 2. The van der Waals surface area contributed by atoms with Gasteiger partial charge in [0.05, 0.1) is 6.61 Å². The van der Waals surface area contributed by atoms with E-state index in [1.54, 1.807) is 13.0 Å². The molecule has 2 rings (SSSR count). The Balaban J connectivity index is 2.33. The minimum atomic E-state index is -0.460. The summed E-state index contributed by atoms with van der Waals surface area (Å²) in [6.45, 7) is 2.06. The van der Waals surface area contributed by atoms with Crippen LogP contribution in [0.4, 0.5) is 0 Å². The van der Waals surface area contributed by atoms with E-state index < -0.39 is 5.97 Å². The van der Waals surface area contributed by atoms with E-state index in [2.05, 4.69) is 21.8 Å². The van der Waals surface area contributed by atoms with Gasteiger partial charge in [0.1, 0.15) is 5.69 Å². The summed E-state index contributed by atoms with van der Waals surface area (Å²) in [5.41, 5.74) is 1.62. The molecule has 1 heterocycles. The molecule has 0 atom stereocenters. The lowest BCUT2D eigenvalue weighted by molar-refractivity contribution is 0.0518. The molecule has 5 heteroatoms. The quantitative estimate of drug-likeness (QED) is 0.377. The minimum Gasteiger partial charge on any atom is -0.461 e. The lowest BCUT2D eigenvalue weighted by atomic mass is 10.2. The van der Waals surface area contributed by atoms with Crippen molar-refractivity contribution in [2.24, 2.45) is 0 Å². The molecule has 106 valence electrons. The predicted octanol–water partition coefficient (Wildman–Crippen LogP) is 2.78. The van der Waals surface area contributed by atoms with Crippen LogP contribution in [0.25, 0.3) is 0 Å². The van der Waals surface area contributed by atoms with Gasteiger partial charge in [-0.2, -0.15) is 0 Å². The fourth-order valence-electron chi connectivity index (χ4n) is 1.55. The SMILES string of the molecule is CCOC(=O)c1cc(C#Cc2ccccc2)nc(SC)n1. The Morgan fingerprint density at radius 1 is 1.24 bits per heavy atom. The van der Waals surface area contributed by atoms with Gasteiger partial charge < -0.3 is 4.74 Å². The third-order valence-corrected chi connectivity index (χ3v) is 3.03. The Morgan fingerprint density at radius 2 is 2.00 bits per heavy atom. The van der Waals surface area contributed by atoms with E-state index in [-0.39, 0.29) is 5.69 Å². The molecule has 0 aliphatic carbocycles. The first-order chi connectivity index (χ1) is 10.2. The number of hydrogen-bond acceptors (Lipinski definition) is 5. The third kappa shape index (κ3) is 4.33. The first-order valence-corrected chi connectivity index (χ1v) is 7.62. The van der Waals surface area contributed by atoms with E-state index in [4.69, 9.17) is 4.74 Å². The highest BCUT2D eigenvalue weighted by Gasteiger charge is 2.11. The second kappa shape index (κ2) is 7.46. The topological polar surface area (TPSA) is 52.1 Å². The van der Waals surface area contributed by atoms with Crippen LogP contribution in [0.5, 0.6) is 0 Å². The number of ether oxygens (including phenoxy) is 1. The van der Waals surface area contributed by atoms with Gasteiger partial charge in [-0.15, -0.1) is 0 Å². The van der Waals surface area contributed by atoms with Crippen LogP contribution in [-0.2, 0) is 4.74 Å². The molecule has 0 aliphatic rings. The van der Waals surface area contributed by atoms with Gasteiger partial charge in [0.15, 0.2) is 10.9 Å². The van der Waals surface area contributed by atoms with Gasteiger partial charge in [-0.25, -0.2) is 14.8 Å². The molecular formula is C16H14N2O2S. The molecular weight excluding hydrogens is 284 g/mol. The summed E-state index contributed by atoms with van der Waals surface area (Å²) in [6, 6.07) is 11.1. The van der Waals surface area contributed by atoms with Gasteiger partial charge in [0, 0.05) is 11.6 Å². The van der Waals surface area contributed by atoms with E-state index >= 15 is 0 Å². The first kappa shape index (κ1) is 15.1. The number of carbonyl (C=O) groups excluding carboxylic acids is 1. The highest BCUT2D eigenvalue weighted by molar-refractivity contribution is 7.98. The van der Waals surface area contributed by atoms with E-state index in [0.29, 0.717) is 17.5 Å². The number of hydrogen-bond donors (Lipinski definition) is 0. The highest BCUT2D eigenvalue weighted by atomic mass is 32.2. The van der Waals surface area contributed by atoms with E-state index in [9.17, 15) is 4.79 Å². The van der Waals surface area contributed by atoms with Crippen LogP contribution >= 0.6 is 11.8 Å². The summed E-state index contributed by atoms with van der Waals surface area (Å²) in [4.78, 5) is 20.2. The van der Waals surface area contributed by atoms with Crippen LogP contribution in [-0.4, -0.2) is 28.8 Å². The molecule has 1 aromatic carbocycles. The molecule has 0 bridgehead atoms. The number of nitrogens with zero attached hydrogens (tertiary/aromatic N) is 2. The predicted molar refractivity (Wildman–Crippen MR) is 82.2 cm³/mol. The van der Waals surface area contributed by atoms with Crippen molar-refractivity contribution >= 4 is 17.7 Å². The molecule has 0 N–H and O–H groups in total. The number of benzene rings is 1. The molecule has 0 aliphatic heterocycles. The maximum absolute atomic E-state index is 11.8. The van der Waals surface area contributed by atoms with Gasteiger partial charge in [0.25, 0.3) is 0 Å². The standard InChI is InChI=1S/C16H14N2O2S/c1-3-20-15(19)14-11-13(17-16(18-14)21-2)10-9-12-7-5-4-6-8-12/h4-8,11H,3H2,1-2H3. The normalized spacial score (nSPS) is 9.62. The van der Waals surface area contributed by atoms with Crippen LogP contribution in [0, 0.1) is 11.8 Å². The molecule has 2 aromatic rings. The fraction of sp³-hybridized carbons (Fsp3) is 0.188. The summed E-state index contributed by atoms with van der Waals surface area (Å²) < 4.78 is 4.96. The summed E-state index contributed by atoms with van der Waals surface area (Å²) in [7, 11) is 0. The molecule has 1 aromatic heterocycles. The van der Waals surface area contributed by atoms with Crippen molar-refractivity contribution in [3.05, 3.63) is 53.3 Å². The van der Waals surface area contributed by atoms with Gasteiger partial charge in [-0.3, -0.25) is 0 Å². The van der Waals surface area contributed by atoms with Crippen LogP contribution in [0.2, 0.25) is 0 Å². The Morgan fingerprint density at radius 3 is 2.67 bits per heavy atom. The molecule has 0 saturated carbocycles. The largest absolute Gasteiger partial charge is 0.461 e. The molecule has 21 heavy (non-hydrogen) atoms. The van der Waals surface area contributed by atoms with Crippen molar-refractivity contribution in [1.29, 1.82) is 0 Å². The average Bonchev–Trinajstić information content (AvgIpc) is 2.54. The summed E-state index contributed by atoms with van der Waals surface area (Å²) >= 11 is 1.36. The van der Waals surface area contributed by atoms with Gasteiger partial charge in [0.2, 0.25) is 0 Å². The smallest absolute Gasteiger partial charge is 0.357 e. The third-order valence-electron chi connectivity index (χ3n) is 2.48. The van der Waals surface area contributed by atoms with E-state index in [0.717, 1.165) is 5.56 Å². The molecule has 0 spiro atoms. The zero-order valence-electron chi connectivity index (χ0n) is 11.8. The Hall–Kier alpha value is -2.32. The van der Waals surface area contributed by atoms with E-state index in [1.807, 2.05) is 36.6 Å². The zero-order valence-corrected chi connectivity index (χ0v) is 12.6. The molecule has 0 radical (unpaired) electrons. The van der Waals surface area contributed by atoms with Gasteiger partial charge >= 0.3 is 5.97 Å². The average molecular weight is 298 g/mol. The molecule has 0 saturated heterocycles. The molecule has 0 fully saturated rings. The van der Waals surface area contributed by atoms with Crippen LogP contribution < -0.4 is 0 Å². The summed E-state index contributed by atoms with van der Waals surface area (Å²) in [5.74, 6) is 5.50. The Labute approximate surface area is 128 Å². The Kier molecular flexibility index (Phi) is 5.35. The number of carbonyl (C=O) groups is 1. The number of esters is 1. The maximum atomic E-state index is 11.8. The second-order valence-corrected chi connectivity index (χ2v) is 4.74. The van der Waals surface area contributed by atoms with Gasteiger partial charge in [-0.1, -0.05) is 35.9 Å². The summed E-state index contributed by atoms with van der Waals surface area (Å²) in [5, 5.41) is 0.498. The van der Waals surface area contributed by atoms with Crippen molar-refractivity contribution in [3.63, 3.8) is 0 Å². The van der Waals surface area contributed by atoms with Crippen LogP contribution in [0.15, 0.2) is 41.6 Å².